The summed E-state index contributed by atoms with van der Waals surface area (Å²) in [6.07, 6.45) is 2.93. The van der Waals surface area contributed by atoms with E-state index >= 15 is 0 Å². The van der Waals surface area contributed by atoms with E-state index in [2.05, 4.69) is 15.9 Å². The van der Waals surface area contributed by atoms with Crippen LogP contribution in [0.1, 0.15) is 35.2 Å². The van der Waals surface area contributed by atoms with Gasteiger partial charge in [0.25, 0.3) is 0 Å². The van der Waals surface area contributed by atoms with Crippen molar-refractivity contribution in [3.8, 4) is 0 Å². The minimum Gasteiger partial charge on any atom is -0.377 e. The molecule has 1 fully saturated rings. The van der Waals surface area contributed by atoms with E-state index in [1.165, 1.54) is 12.1 Å². The Bertz CT molecular complexity index is 403. The molecular formula is C13H15BrF2O. The molecule has 0 bridgehead atoms. The standard InChI is InChI=1S/C13H15BrF2O/c1-8-6-11(16)9(7-10(8)15)13(14)12-4-2-3-5-17-12/h6-7,12-13H,2-5H2,1H3. The first-order valence-corrected chi connectivity index (χ1v) is 6.72. The second-order valence-corrected chi connectivity index (χ2v) is 5.42. The number of aryl methyl sites for hydroxylation is 1. The maximum absolute atomic E-state index is 13.8. The van der Waals surface area contributed by atoms with Crippen molar-refractivity contribution < 1.29 is 13.5 Å². The molecule has 2 rings (SSSR count). The Labute approximate surface area is 108 Å². The van der Waals surface area contributed by atoms with Gasteiger partial charge in [-0.05, 0) is 43.9 Å². The van der Waals surface area contributed by atoms with Gasteiger partial charge in [-0.1, -0.05) is 15.9 Å². The highest BCUT2D eigenvalue weighted by Gasteiger charge is 2.26. The van der Waals surface area contributed by atoms with Crippen LogP contribution in [0.25, 0.3) is 0 Å². The third kappa shape index (κ3) is 2.86. The molecule has 1 heterocycles. The van der Waals surface area contributed by atoms with Crippen molar-refractivity contribution in [2.45, 2.75) is 37.1 Å². The summed E-state index contributed by atoms with van der Waals surface area (Å²) in [5.74, 6) is -0.749. The van der Waals surface area contributed by atoms with Crippen molar-refractivity contribution in [1.29, 1.82) is 0 Å². The molecule has 1 aromatic carbocycles. The second-order valence-electron chi connectivity index (χ2n) is 4.43. The molecule has 4 heteroatoms. The normalized spacial score (nSPS) is 22.5. The van der Waals surface area contributed by atoms with Crippen molar-refractivity contribution in [1.82, 2.24) is 0 Å². The first-order chi connectivity index (χ1) is 8.09. The number of rotatable bonds is 2. The van der Waals surface area contributed by atoms with Gasteiger partial charge in [-0.3, -0.25) is 0 Å². The fourth-order valence-corrected chi connectivity index (χ4v) is 2.84. The van der Waals surface area contributed by atoms with Gasteiger partial charge < -0.3 is 4.74 Å². The summed E-state index contributed by atoms with van der Waals surface area (Å²) < 4.78 is 32.8. The van der Waals surface area contributed by atoms with Gasteiger partial charge in [-0.15, -0.1) is 0 Å². The van der Waals surface area contributed by atoms with Gasteiger partial charge in [0.15, 0.2) is 0 Å². The average Bonchev–Trinajstić information content (AvgIpc) is 2.34. The molecule has 0 radical (unpaired) electrons. The predicted octanol–water partition coefficient (Wildman–Crippen LogP) is 4.28. The van der Waals surface area contributed by atoms with Crippen molar-refractivity contribution >= 4 is 15.9 Å². The van der Waals surface area contributed by atoms with E-state index in [1.54, 1.807) is 6.92 Å². The van der Waals surface area contributed by atoms with Crippen molar-refractivity contribution in [2.75, 3.05) is 6.61 Å². The fraction of sp³-hybridized carbons (Fsp3) is 0.538. The molecule has 0 amide bonds. The highest BCUT2D eigenvalue weighted by Crippen LogP contribution is 2.35. The topological polar surface area (TPSA) is 9.23 Å². The number of hydrogen-bond donors (Lipinski definition) is 0. The number of ether oxygens (including phenoxy) is 1. The lowest BCUT2D eigenvalue weighted by molar-refractivity contribution is 0.0155. The molecule has 94 valence electrons. The predicted molar refractivity (Wildman–Crippen MR) is 66.4 cm³/mol. The number of halogens is 3. The van der Waals surface area contributed by atoms with Gasteiger partial charge in [-0.2, -0.15) is 0 Å². The minimum atomic E-state index is -0.375. The van der Waals surface area contributed by atoms with Crippen LogP contribution in [0.15, 0.2) is 12.1 Å². The van der Waals surface area contributed by atoms with Gasteiger partial charge in [-0.25, -0.2) is 8.78 Å². The molecule has 0 saturated carbocycles. The monoisotopic (exact) mass is 304 g/mol. The first kappa shape index (κ1) is 13.0. The van der Waals surface area contributed by atoms with Gasteiger partial charge in [0, 0.05) is 12.2 Å². The summed E-state index contributed by atoms with van der Waals surface area (Å²) >= 11 is 3.43. The Morgan fingerprint density at radius 3 is 2.71 bits per heavy atom. The molecule has 0 aliphatic carbocycles. The molecule has 1 aliphatic rings. The van der Waals surface area contributed by atoms with Gasteiger partial charge in [0.2, 0.25) is 0 Å². The molecule has 2 atom stereocenters. The summed E-state index contributed by atoms with van der Waals surface area (Å²) in [7, 11) is 0. The molecule has 1 aliphatic heterocycles. The fourth-order valence-electron chi connectivity index (χ4n) is 2.07. The quantitative estimate of drug-likeness (QED) is 0.741. The molecule has 0 N–H and O–H groups in total. The third-order valence-corrected chi connectivity index (χ3v) is 4.20. The smallest absolute Gasteiger partial charge is 0.128 e. The zero-order valence-electron chi connectivity index (χ0n) is 9.68. The van der Waals surface area contributed by atoms with Crippen LogP contribution >= 0.6 is 15.9 Å². The third-order valence-electron chi connectivity index (χ3n) is 3.12. The van der Waals surface area contributed by atoms with Crippen LogP contribution < -0.4 is 0 Å². The molecule has 0 spiro atoms. The minimum absolute atomic E-state index is 0.0691. The van der Waals surface area contributed by atoms with Crippen LogP contribution in [-0.2, 0) is 4.74 Å². The lowest BCUT2D eigenvalue weighted by Gasteiger charge is -2.27. The molecule has 1 saturated heterocycles. The SMILES string of the molecule is Cc1cc(F)c(C(Br)C2CCCCO2)cc1F. The number of benzene rings is 1. The van der Waals surface area contributed by atoms with Gasteiger partial charge in [0.05, 0.1) is 10.9 Å². The Morgan fingerprint density at radius 1 is 1.29 bits per heavy atom. The van der Waals surface area contributed by atoms with E-state index in [0.29, 0.717) is 17.7 Å². The van der Waals surface area contributed by atoms with Gasteiger partial charge in [0.1, 0.15) is 11.6 Å². The van der Waals surface area contributed by atoms with Crippen LogP contribution in [0.3, 0.4) is 0 Å². The Morgan fingerprint density at radius 2 is 2.06 bits per heavy atom. The van der Waals surface area contributed by atoms with Crippen LogP contribution in [0, 0.1) is 18.6 Å². The summed E-state index contributed by atoms with van der Waals surface area (Å²) in [6, 6.07) is 2.50. The molecule has 0 aromatic heterocycles. The number of alkyl halides is 1. The lowest BCUT2D eigenvalue weighted by Crippen LogP contribution is -2.24. The van der Waals surface area contributed by atoms with Crippen LogP contribution in [0.5, 0.6) is 0 Å². The van der Waals surface area contributed by atoms with E-state index in [1.807, 2.05) is 0 Å². The number of hydrogen-bond acceptors (Lipinski definition) is 1. The van der Waals surface area contributed by atoms with Crippen molar-refractivity contribution in [3.63, 3.8) is 0 Å². The van der Waals surface area contributed by atoms with Crippen molar-refractivity contribution in [2.24, 2.45) is 0 Å². The molecule has 17 heavy (non-hydrogen) atoms. The van der Waals surface area contributed by atoms with Crippen LogP contribution in [-0.4, -0.2) is 12.7 Å². The van der Waals surface area contributed by atoms with Crippen molar-refractivity contribution in [3.05, 3.63) is 34.9 Å². The van der Waals surface area contributed by atoms with E-state index in [9.17, 15) is 8.78 Å². The van der Waals surface area contributed by atoms with Crippen LogP contribution in [0.4, 0.5) is 8.78 Å². The highest BCUT2D eigenvalue weighted by atomic mass is 79.9. The Balaban J connectivity index is 2.23. The summed E-state index contributed by atoms with van der Waals surface area (Å²) in [4.78, 5) is -0.280. The summed E-state index contributed by atoms with van der Waals surface area (Å²) in [6.45, 7) is 2.26. The zero-order valence-corrected chi connectivity index (χ0v) is 11.3. The Kier molecular flexibility index (Phi) is 4.15. The molecular weight excluding hydrogens is 290 g/mol. The summed E-state index contributed by atoms with van der Waals surface area (Å²) in [5.41, 5.74) is 0.676. The molecule has 2 unspecified atom stereocenters. The van der Waals surface area contributed by atoms with Gasteiger partial charge >= 0.3 is 0 Å². The first-order valence-electron chi connectivity index (χ1n) is 5.81. The van der Waals surface area contributed by atoms with E-state index < -0.39 is 0 Å². The van der Waals surface area contributed by atoms with E-state index in [-0.39, 0.29) is 22.6 Å². The van der Waals surface area contributed by atoms with E-state index in [0.717, 1.165) is 19.3 Å². The summed E-state index contributed by atoms with van der Waals surface area (Å²) in [5, 5.41) is 0. The highest BCUT2D eigenvalue weighted by molar-refractivity contribution is 9.09. The maximum Gasteiger partial charge on any atom is 0.128 e. The largest absolute Gasteiger partial charge is 0.377 e. The Hall–Kier alpha value is -0.480. The van der Waals surface area contributed by atoms with E-state index in [4.69, 9.17) is 4.74 Å². The zero-order chi connectivity index (χ0) is 12.4. The molecule has 1 aromatic rings. The average molecular weight is 305 g/mol. The second kappa shape index (κ2) is 5.44. The maximum atomic E-state index is 13.8. The molecule has 1 nitrogen and oxygen atoms in total. The lowest BCUT2D eigenvalue weighted by atomic mass is 9.99. The van der Waals surface area contributed by atoms with Crippen LogP contribution in [0.2, 0.25) is 0 Å².